The van der Waals surface area contributed by atoms with E-state index in [1.807, 2.05) is 12.1 Å². The summed E-state index contributed by atoms with van der Waals surface area (Å²) in [7, 11) is 0. The molecule has 20 heavy (non-hydrogen) atoms. The fraction of sp³-hybridized carbons (Fsp3) is 0.500. The molecule has 0 bridgehead atoms. The van der Waals surface area contributed by atoms with Gasteiger partial charge in [0.15, 0.2) is 0 Å². The van der Waals surface area contributed by atoms with Crippen LogP contribution in [-0.4, -0.2) is 34.2 Å². The van der Waals surface area contributed by atoms with Crippen molar-refractivity contribution in [2.24, 2.45) is 0 Å². The van der Waals surface area contributed by atoms with Gasteiger partial charge in [-0.1, -0.05) is 18.9 Å². The van der Waals surface area contributed by atoms with E-state index in [0.29, 0.717) is 25.8 Å². The van der Waals surface area contributed by atoms with Crippen LogP contribution in [0.25, 0.3) is 0 Å². The number of nitrogens with zero attached hydrogens (tertiary/aromatic N) is 1. The molecule has 0 atom stereocenters. The molecule has 1 aromatic rings. The van der Waals surface area contributed by atoms with Gasteiger partial charge >= 0.3 is 12.0 Å². The molecule has 0 aromatic carbocycles. The number of aromatic nitrogens is 1. The Morgan fingerprint density at radius 1 is 1.35 bits per heavy atom. The molecule has 1 aliphatic rings. The van der Waals surface area contributed by atoms with Crippen LogP contribution >= 0.6 is 0 Å². The average molecular weight is 277 g/mol. The molecular weight excluding hydrogens is 258 g/mol. The van der Waals surface area contributed by atoms with Crippen LogP contribution in [0.2, 0.25) is 0 Å². The SMILES string of the molecule is O=C(NCCc1cccnc1)NC1(C(=O)O)CCCC1. The van der Waals surface area contributed by atoms with Crippen molar-refractivity contribution in [1.82, 2.24) is 15.6 Å². The molecule has 2 amide bonds. The van der Waals surface area contributed by atoms with Crippen molar-refractivity contribution in [3.8, 4) is 0 Å². The van der Waals surface area contributed by atoms with Crippen LogP contribution in [0.3, 0.4) is 0 Å². The largest absolute Gasteiger partial charge is 0.480 e. The fourth-order valence-electron chi connectivity index (χ4n) is 2.50. The van der Waals surface area contributed by atoms with E-state index in [2.05, 4.69) is 15.6 Å². The number of nitrogens with one attached hydrogen (secondary N) is 2. The number of pyridine rings is 1. The van der Waals surface area contributed by atoms with E-state index in [0.717, 1.165) is 18.4 Å². The van der Waals surface area contributed by atoms with Crippen LogP contribution in [0.4, 0.5) is 4.79 Å². The highest BCUT2D eigenvalue weighted by Gasteiger charge is 2.42. The third-order valence-electron chi connectivity index (χ3n) is 3.64. The Bertz CT molecular complexity index is 470. The Kier molecular flexibility index (Phi) is 4.55. The molecule has 6 heteroatoms. The van der Waals surface area contributed by atoms with Crippen LogP contribution in [-0.2, 0) is 11.2 Å². The fourth-order valence-corrected chi connectivity index (χ4v) is 2.50. The minimum Gasteiger partial charge on any atom is -0.480 e. The summed E-state index contributed by atoms with van der Waals surface area (Å²) < 4.78 is 0. The lowest BCUT2D eigenvalue weighted by Crippen LogP contribution is -2.55. The van der Waals surface area contributed by atoms with E-state index in [4.69, 9.17) is 0 Å². The van der Waals surface area contributed by atoms with Crippen molar-refractivity contribution < 1.29 is 14.7 Å². The molecular formula is C14H19N3O3. The minimum absolute atomic E-state index is 0.418. The third kappa shape index (κ3) is 3.46. The number of carboxylic acid groups (broad SMARTS) is 1. The summed E-state index contributed by atoms with van der Waals surface area (Å²) in [6, 6.07) is 3.36. The number of rotatable bonds is 5. The summed E-state index contributed by atoms with van der Waals surface area (Å²) in [4.78, 5) is 27.1. The van der Waals surface area contributed by atoms with E-state index >= 15 is 0 Å². The molecule has 1 saturated carbocycles. The molecule has 1 aliphatic carbocycles. The molecule has 6 nitrogen and oxygen atoms in total. The Labute approximate surface area is 117 Å². The molecule has 1 fully saturated rings. The van der Waals surface area contributed by atoms with Crippen molar-refractivity contribution in [2.75, 3.05) is 6.54 Å². The monoisotopic (exact) mass is 277 g/mol. The number of aliphatic carboxylic acids is 1. The zero-order valence-electron chi connectivity index (χ0n) is 11.3. The van der Waals surface area contributed by atoms with Gasteiger partial charge in [-0.3, -0.25) is 4.98 Å². The second kappa shape index (κ2) is 6.36. The van der Waals surface area contributed by atoms with Crippen molar-refractivity contribution >= 4 is 12.0 Å². The highest BCUT2D eigenvalue weighted by Crippen LogP contribution is 2.29. The summed E-state index contributed by atoms with van der Waals surface area (Å²) in [5.74, 6) is -0.947. The normalized spacial score (nSPS) is 16.6. The first kappa shape index (κ1) is 14.3. The predicted molar refractivity (Wildman–Crippen MR) is 73.3 cm³/mol. The number of urea groups is 1. The van der Waals surface area contributed by atoms with Gasteiger partial charge in [-0.2, -0.15) is 0 Å². The molecule has 0 radical (unpaired) electrons. The van der Waals surface area contributed by atoms with Crippen molar-refractivity contribution in [3.63, 3.8) is 0 Å². The van der Waals surface area contributed by atoms with Gasteiger partial charge in [0, 0.05) is 18.9 Å². The minimum atomic E-state index is -1.08. The van der Waals surface area contributed by atoms with Gasteiger partial charge < -0.3 is 15.7 Å². The Balaban J connectivity index is 1.79. The maximum Gasteiger partial charge on any atom is 0.329 e. The molecule has 2 rings (SSSR count). The van der Waals surface area contributed by atoms with Gasteiger partial charge in [0.1, 0.15) is 5.54 Å². The molecule has 0 unspecified atom stereocenters. The number of hydrogen-bond donors (Lipinski definition) is 3. The number of hydrogen-bond acceptors (Lipinski definition) is 3. The third-order valence-corrected chi connectivity index (χ3v) is 3.64. The molecule has 0 saturated heterocycles. The number of carbonyl (C=O) groups excluding carboxylic acids is 1. The summed E-state index contributed by atoms with van der Waals surface area (Å²) >= 11 is 0. The van der Waals surface area contributed by atoms with E-state index in [1.54, 1.807) is 12.4 Å². The van der Waals surface area contributed by atoms with Crippen molar-refractivity contribution in [1.29, 1.82) is 0 Å². The zero-order chi connectivity index (χ0) is 14.4. The van der Waals surface area contributed by atoms with Crippen LogP contribution < -0.4 is 10.6 Å². The number of carboxylic acids is 1. The maximum absolute atomic E-state index is 11.8. The zero-order valence-corrected chi connectivity index (χ0v) is 11.3. The van der Waals surface area contributed by atoms with Crippen LogP contribution in [0.15, 0.2) is 24.5 Å². The molecule has 1 heterocycles. The van der Waals surface area contributed by atoms with E-state index in [-0.39, 0.29) is 0 Å². The lowest BCUT2D eigenvalue weighted by molar-refractivity contribution is -0.144. The molecule has 3 N–H and O–H groups in total. The number of amides is 2. The summed E-state index contributed by atoms with van der Waals surface area (Å²) in [5.41, 5.74) is -0.0557. The second-order valence-electron chi connectivity index (χ2n) is 5.09. The predicted octanol–water partition coefficient (Wildman–Crippen LogP) is 1.32. The molecule has 0 aliphatic heterocycles. The smallest absolute Gasteiger partial charge is 0.329 e. The van der Waals surface area contributed by atoms with Gasteiger partial charge in [0.25, 0.3) is 0 Å². The first-order valence-electron chi connectivity index (χ1n) is 6.81. The van der Waals surface area contributed by atoms with Crippen molar-refractivity contribution in [2.45, 2.75) is 37.6 Å². The van der Waals surface area contributed by atoms with Gasteiger partial charge in [-0.15, -0.1) is 0 Å². The van der Waals surface area contributed by atoms with Gasteiger partial charge in [-0.25, -0.2) is 9.59 Å². The highest BCUT2D eigenvalue weighted by atomic mass is 16.4. The molecule has 1 aromatic heterocycles. The topological polar surface area (TPSA) is 91.3 Å². The van der Waals surface area contributed by atoms with E-state index in [1.165, 1.54) is 0 Å². The standard InChI is InChI=1S/C14H19N3O3/c18-12(19)14(6-1-2-7-14)17-13(20)16-9-5-11-4-3-8-15-10-11/h3-4,8,10H,1-2,5-7,9H2,(H,18,19)(H2,16,17,20). The summed E-state index contributed by atoms with van der Waals surface area (Å²) in [6.07, 6.45) is 6.78. The Morgan fingerprint density at radius 3 is 2.70 bits per heavy atom. The first-order valence-corrected chi connectivity index (χ1v) is 6.81. The molecule has 108 valence electrons. The van der Waals surface area contributed by atoms with Crippen LogP contribution in [0.1, 0.15) is 31.2 Å². The highest BCUT2D eigenvalue weighted by molar-refractivity contribution is 5.86. The lowest BCUT2D eigenvalue weighted by atomic mass is 9.98. The number of carbonyl (C=O) groups is 2. The summed E-state index contributed by atoms with van der Waals surface area (Å²) in [5, 5.41) is 14.6. The van der Waals surface area contributed by atoms with Gasteiger partial charge in [0.2, 0.25) is 0 Å². The van der Waals surface area contributed by atoms with Crippen molar-refractivity contribution in [3.05, 3.63) is 30.1 Å². The first-order chi connectivity index (χ1) is 9.62. The van der Waals surface area contributed by atoms with Gasteiger partial charge in [0.05, 0.1) is 0 Å². The Morgan fingerprint density at radius 2 is 2.10 bits per heavy atom. The van der Waals surface area contributed by atoms with Crippen LogP contribution in [0.5, 0.6) is 0 Å². The quantitative estimate of drug-likeness (QED) is 0.757. The summed E-state index contributed by atoms with van der Waals surface area (Å²) in [6.45, 7) is 0.452. The van der Waals surface area contributed by atoms with Gasteiger partial charge in [-0.05, 0) is 30.9 Å². The van der Waals surface area contributed by atoms with E-state index < -0.39 is 17.5 Å². The average Bonchev–Trinajstić information content (AvgIpc) is 2.90. The second-order valence-corrected chi connectivity index (χ2v) is 5.09. The molecule has 0 spiro atoms. The van der Waals surface area contributed by atoms with E-state index in [9.17, 15) is 14.7 Å². The lowest BCUT2D eigenvalue weighted by Gasteiger charge is -2.25. The van der Waals surface area contributed by atoms with Crippen LogP contribution in [0, 0.1) is 0 Å². The Hall–Kier alpha value is -2.11. The maximum atomic E-state index is 11.8.